The molecule has 120 valence electrons. The Morgan fingerprint density at radius 2 is 1.75 bits per heavy atom. The monoisotopic (exact) mass is 341 g/mol. The standard InChI is InChI=1S/C17H11NO5S/c19-16-15(24-17(20)18-16)7-10-1-3-11(4-2-10)23-12-5-6-13-14(8-12)22-9-21-13/h1-8H,9H2,(H,18,19,20)/b15-7-. The third-order valence-electron chi connectivity index (χ3n) is 3.40. The Hall–Kier alpha value is -2.93. The number of amides is 2. The fourth-order valence-electron chi connectivity index (χ4n) is 2.28. The summed E-state index contributed by atoms with van der Waals surface area (Å²) >= 11 is 0.891. The Morgan fingerprint density at radius 3 is 2.50 bits per heavy atom. The molecule has 4 rings (SSSR count). The van der Waals surface area contributed by atoms with Crippen molar-refractivity contribution >= 4 is 29.0 Å². The van der Waals surface area contributed by atoms with Gasteiger partial charge in [0.2, 0.25) is 6.79 Å². The SMILES string of the molecule is O=C1NC(=O)/C(=C/c2ccc(Oc3ccc4c(c3)OCO4)cc2)S1. The molecule has 24 heavy (non-hydrogen) atoms. The molecule has 0 unspecified atom stereocenters. The molecule has 2 heterocycles. The van der Waals surface area contributed by atoms with E-state index in [2.05, 4.69) is 5.32 Å². The highest BCUT2D eigenvalue weighted by Gasteiger charge is 2.24. The van der Waals surface area contributed by atoms with E-state index in [1.807, 2.05) is 12.1 Å². The van der Waals surface area contributed by atoms with Crippen LogP contribution in [-0.4, -0.2) is 17.9 Å². The van der Waals surface area contributed by atoms with Gasteiger partial charge in [-0.1, -0.05) is 12.1 Å². The van der Waals surface area contributed by atoms with Crippen molar-refractivity contribution < 1.29 is 23.8 Å². The van der Waals surface area contributed by atoms with Crippen molar-refractivity contribution in [3.05, 3.63) is 52.9 Å². The van der Waals surface area contributed by atoms with E-state index in [4.69, 9.17) is 14.2 Å². The quantitative estimate of drug-likeness (QED) is 0.861. The van der Waals surface area contributed by atoms with Crippen LogP contribution in [0.2, 0.25) is 0 Å². The summed E-state index contributed by atoms with van der Waals surface area (Å²) in [4.78, 5) is 23.0. The van der Waals surface area contributed by atoms with Crippen LogP contribution in [0, 0.1) is 0 Å². The molecule has 0 aromatic heterocycles. The number of carbonyl (C=O) groups is 2. The van der Waals surface area contributed by atoms with Crippen LogP contribution >= 0.6 is 11.8 Å². The minimum absolute atomic E-state index is 0.218. The lowest BCUT2D eigenvalue weighted by Gasteiger charge is -2.06. The van der Waals surface area contributed by atoms with E-state index in [-0.39, 0.29) is 17.9 Å². The summed E-state index contributed by atoms with van der Waals surface area (Å²) in [5, 5.41) is 1.87. The number of fused-ring (bicyclic) bond motifs is 1. The maximum absolute atomic E-state index is 11.5. The predicted octanol–water partition coefficient (Wildman–Crippen LogP) is 3.53. The van der Waals surface area contributed by atoms with Crippen molar-refractivity contribution in [2.45, 2.75) is 0 Å². The molecule has 2 aliphatic heterocycles. The number of carbonyl (C=O) groups excluding carboxylic acids is 2. The summed E-state index contributed by atoms with van der Waals surface area (Å²) in [5.41, 5.74) is 0.806. The summed E-state index contributed by atoms with van der Waals surface area (Å²) in [6.45, 7) is 0.218. The van der Waals surface area contributed by atoms with Crippen LogP contribution in [0.1, 0.15) is 5.56 Å². The zero-order valence-corrected chi connectivity index (χ0v) is 13.1. The molecule has 2 amide bonds. The number of hydrogen-bond donors (Lipinski definition) is 1. The number of hydrogen-bond acceptors (Lipinski definition) is 6. The Labute approximate surface area is 141 Å². The van der Waals surface area contributed by atoms with E-state index in [9.17, 15) is 9.59 Å². The van der Waals surface area contributed by atoms with Crippen LogP contribution in [0.15, 0.2) is 47.4 Å². The average Bonchev–Trinajstić information content (AvgIpc) is 3.15. The maximum Gasteiger partial charge on any atom is 0.290 e. The summed E-state index contributed by atoms with van der Waals surface area (Å²) in [6.07, 6.45) is 1.66. The summed E-state index contributed by atoms with van der Waals surface area (Å²) < 4.78 is 16.3. The second kappa shape index (κ2) is 5.93. The Balaban J connectivity index is 1.49. The first-order chi connectivity index (χ1) is 11.7. The van der Waals surface area contributed by atoms with Gasteiger partial charge in [-0.2, -0.15) is 0 Å². The van der Waals surface area contributed by atoms with E-state index in [1.165, 1.54) is 0 Å². The Kier molecular flexibility index (Phi) is 3.62. The number of benzene rings is 2. The number of imide groups is 1. The zero-order valence-electron chi connectivity index (χ0n) is 12.3. The van der Waals surface area contributed by atoms with Gasteiger partial charge in [-0.25, -0.2) is 0 Å². The fourth-order valence-corrected chi connectivity index (χ4v) is 2.96. The van der Waals surface area contributed by atoms with Crippen LogP contribution in [0.5, 0.6) is 23.0 Å². The van der Waals surface area contributed by atoms with Crippen molar-refractivity contribution in [1.82, 2.24) is 5.32 Å². The normalized spacial score (nSPS) is 17.2. The molecule has 2 aliphatic rings. The molecule has 0 aliphatic carbocycles. The Bertz CT molecular complexity index is 860. The lowest BCUT2D eigenvalue weighted by Crippen LogP contribution is -2.17. The van der Waals surface area contributed by atoms with Gasteiger partial charge in [0.05, 0.1) is 4.91 Å². The smallest absolute Gasteiger partial charge is 0.290 e. The van der Waals surface area contributed by atoms with Crippen LogP contribution < -0.4 is 19.5 Å². The molecule has 7 heteroatoms. The van der Waals surface area contributed by atoms with E-state index in [1.54, 1.807) is 36.4 Å². The van der Waals surface area contributed by atoms with E-state index >= 15 is 0 Å². The third-order valence-corrected chi connectivity index (χ3v) is 4.21. The molecule has 2 aromatic rings. The van der Waals surface area contributed by atoms with Crippen LogP contribution in [-0.2, 0) is 4.79 Å². The van der Waals surface area contributed by atoms with Gasteiger partial charge in [0, 0.05) is 6.07 Å². The largest absolute Gasteiger partial charge is 0.457 e. The molecule has 0 atom stereocenters. The zero-order chi connectivity index (χ0) is 16.5. The molecule has 0 spiro atoms. The Morgan fingerprint density at radius 1 is 1.00 bits per heavy atom. The van der Waals surface area contributed by atoms with Gasteiger partial charge in [0.1, 0.15) is 11.5 Å². The number of ether oxygens (including phenoxy) is 3. The van der Waals surface area contributed by atoms with Crippen molar-refractivity contribution in [3.8, 4) is 23.0 Å². The minimum Gasteiger partial charge on any atom is -0.457 e. The van der Waals surface area contributed by atoms with E-state index in [0.717, 1.165) is 17.3 Å². The van der Waals surface area contributed by atoms with Gasteiger partial charge in [0.15, 0.2) is 11.5 Å². The summed E-state index contributed by atoms with van der Waals surface area (Å²) in [6, 6.07) is 12.6. The number of rotatable bonds is 3. The molecular formula is C17H11NO5S. The lowest BCUT2D eigenvalue weighted by atomic mass is 10.2. The molecule has 2 aromatic carbocycles. The average molecular weight is 341 g/mol. The molecule has 1 fully saturated rings. The first-order valence-corrected chi connectivity index (χ1v) is 7.91. The number of thioether (sulfide) groups is 1. The highest BCUT2D eigenvalue weighted by Crippen LogP contribution is 2.36. The van der Waals surface area contributed by atoms with Crippen molar-refractivity contribution in [2.75, 3.05) is 6.79 Å². The first-order valence-electron chi connectivity index (χ1n) is 7.10. The van der Waals surface area contributed by atoms with Gasteiger partial charge in [0.25, 0.3) is 11.1 Å². The maximum atomic E-state index is 11.5. The summed E-state index contributed by atoms with van der Waals surface area (Å²) in [7, 11) is 0. The molecule has 0 saturated carbocycles. The van der Waals surface area contributed by atoms with E-state index < -0.39 is 0 Å². The highest BCUT2D eigenvalue weighted by atomic mass is 32.2. The molecule has 1 saturated heterocycles. The van der Waals surface area contributed by atoms with Crippen LogP contribution in [0.25, 0.3) is 6.08 Å². The highest BCUT2D eigenvalue weighted by molar-refractivity contribution is 8.18. The molecule has 0 bridgehead atoms. The first kappa shape index (κ1) is 14.6. The molecule has 6 nitrogen and oxygen atoms in total. The van der Waals surface area contributed by atoms with Crippen LogP contribution in [0.3, 0.4) is 0 Å². The predicted molar refractivity (Wildman–Crippen MR) is 88.2 cm³/mol. The topological polar surface area (TPSA) is 73.9 Å². The van der Waals surface area contributed by atoms with Gasteiger partial charge in [-0.05, 0) is 47.7 Å². The third kappa shape index (κ3) is 2.93. The van der Waals surface area contributed by atoms with Crippen molar-refractivity contribution in [3.63, 3.8) is 0 Å². The molecule has 0 radical (unpaired) electrons. The van der Waals surface area contributed by atoms with Crippen molar-refractivity contribution in [2.24, 2.45) is 0 Å². The van der Waals surface area contributed by atoms with E-state index in [0.29, 0.717) is 27.9 Å². The molecular weight excluding hydrogens is 330 g/mol. The van der Waals surface area contributed by atoms with Gasteiger partial charge in [-0.15, -0.1) is 0 Å². The fraction of sp³-hybridized carbons (Fsp3) is 0.0588. The lowest BCUT2D eigenvalue weighted by molar-refractivity contribution is -0.115. The molecule has 1 N–H and O–H groups in total. The minimum atomic E-state index is -0.370. The number of nitrogens with one attached hydrogen (secondary N) is 1. The van der Waals surface area contributed by atoms with Gasteiger partial charge < -0.3 is 14.2 Å². The van der Waals surface area contributed by atoms with Crippen LogP contribution in [0.4, 0.5) is 4.79 Å². The second-order valence-electron chi connectivity index (χ2n) is 5.04. The van der Waals surface area contributed by atoms with Crippen molar-refractivity contribution in [1.29, 1.82) is 0 Å². The van der Waals surface area contributed by atoms with Gasteiger partial charge in [-0.3, -0.25) is 14.9 Å². The summed E-state index contributed by atoms with van der Waals surface area (Å²) in [5.74, 6) is 2.27. The van der Waals surface area contributed by atoms with Gasteiger partial charge >= 0.3 is 0 Å². The second-order valence-corrected chi connectivity index (χ2v) is 6.05.